The molecule has 0 spiro atoms. The molecule has 0 unspecified atom stereocenters. The van der Waals surface area contributed by atoms with Crippen LogP contribution in [0.5, 0.6) is 0 Å². The van der Waals surface area contributed by atoms with Crippen molar-refractivity contribution in [1.29, 1.82) is 0 Å². The zero-order valence-electron chi connectivity index (χ0n) is 19.7. The van der Waals surface area contributed by atoms with Gasteiger partial charge in [-0.2, -0.15) is 8.42 Å². The topological polar surface area (TPSA) is 78.9 Å². The Balaban J connectivity index is 1.52. The van der Waals surface area contributed by atoms with Crippen molar-refractivity contribution in [3.63, 3.8) is 0 Å². The summed E-state index contributed by atoms with van der Waals surface area (Å²) in [6, 6.07) is 15.4. The monoisotopic (exact) mass is 484 g/mol. The van der Waals surface area contributed by atoms with Gasteiger partial charge in [0.15, 0.2) is 0 Å². The number of ether oxygens (including phenoxy) is 2. The van der Waals surface area contributed by atoms with Crippen LogP contribution in [0.4, 0.5) is 0 Å². The van der Waals surface area contributed by atoms with E-state index in [1.54, 1.807) is 36.4 Å². The second kappa shape index (κ2) is 12.1. The average molecular weight is 485 g/mol. The number of carbonyl (C=O) groups excluding carboxylic acids is 1. The van der Waals surface area contributed by atoms with Crippen LogP contribution in [0.25, 0.3) is 0 Å². The number of carbonyl (C=O) groups is 1. The number of esters is 1. The molecule has 0 bridgehead atoms. The minimum absolute atomic E-state index is 0.0727. The first-order valence-electron chi connectivity index (χ1n) is 11.4. The SMILES string of the molecule is C=C1C[C@H](COS(=O)(=O)c2ccc(C)cc2)O[C@@H]1CC[C@@H](C/C=C/C)OC(=O)c1ccccc1. The van der Waals surface area contributed by atoms with E-state index in [1.165, 1.54) is 12.1 Å². The van der Waals surface area contributed by atoms with Crippen molar-refractivity contribution in [2.24, 2.45) is 0 Å². The number of benzene rings is 2. The van der Waals surface area contributed by atoms with Crippen molar-refractivity contribution in [2.75, 3.05) is 6.61 Å². The predicted molar refractivity (Wildman–Crippen MR) is 131 cm³/mol. The smallest absolute Gasteiger partial charge is 0.338 e. The highest BCUT2D eigenvalue weighted by Crippen LogP contribution is 2.30. The van der Waals surface area contributed by atoms with E-state index in [9.17, 15) is 13.2 Å². The second-order valence-corrected chi connectivity index (χ2v) is 10.1. The van der Waals surface area contributed by atoms with Gasteiger partial charge in [-0.05, 0) is 62.9 Å². The van der Waals surface area contributed by atoms with Crippen LogP contribution >= 0.6 is 0 Å². The normalized spacial score (nSPS) is 19.4. The van der Waals surface area contributed by atoms with E-state index in [-0.39, 0.29) is 29.7 Å². The standard InChI is InChI=1S/C27H32O6S/c1-4-5-11-23(33-27(28)22-9-7-6-8-10-22)14-17-26-21(3)18-24(32-26)19-31-34(29,30)25-15-12-20(2)13-16-25/h4-10,12-13,15-16,23-24,26H,3,11,14,17-19H2,1-2H3/b5-4+/t23-,24-,26-/m1/s1. The quantitative estimate of drug-likeness (QED) is 0.242. The fourth-order valence-corrected chi connectivity index (χ4v) is 4.69. The first-order valence-corrected chi connectivity index (χ1v) is 12.9. The molecule has 0 aliphatic carbocycles. The molecular weight excluding hydrogens is 452 g/mol. The minimum Gasteiger partial charge on any atom is -0.458 e. The third kappa shape index (κ3) is 7.38. The van der Waals surface area contributed by atoms with Gasteiger partial charge in [0, 0.05) is 6.42 Å². The fourth-order valence-electron chi connectivity index (χ4n) is 3.75. The molecule has 1 fully saturated rings. The van der Waals surface area contributed by atoms with E-state index in [4.69, 9.17) is 13.7 Å². The van der Waals surface area contributed by atoms with Gasteiger partial charge in [-0.25, -0.2) is 4.79 Å². The second-order valence-electron chi connectivity index (χ2n) is 8.44. The zero-order valence-corrected chi connectivity index (χ0v) is 20.5. The molecule has 3 atom stereocenters. The summed E-state index contributed by atoms with van der Waals surface area (Å²) >= 11 is 0. The number of rotatable bonds is 11. The molecule has 0 radical (unpaired) electrons. The zero-order chi connectivity index (χ0) is 24.6. The summed E-state index contributed by atoms with van der Waals surface area (Å²) in [6.45, 7) is 7.84. The lowest BCUT2D eigenvalue weighted by atomic mass is 10.0. The molecule has 0 aromatic heterocycles. The van der Waals surface area contributed by atoms with Crippen molar-refractivity contribution in [3.05, 3.63) is 90.0 Å². The number of allylic oxidation sites excluding steroid dienone is 1. The molecule has 1 aliphatic heterocycles. The molecule has 1 heterocycles. The van der Waals surface area contributed by atoms with Crippen LogP contribution in [0.15, 0.2) is 83.8 Å². The summed E-state index contributed by atoms with van der Waals surface area (Å²) in [5.41, 5.74) is 2.38. The van der Waals surface area contributed by atoms with Gasteiger partial charge in [-0.1, -0.05) is 54.6 Å². The molecule has 34 heavy (non-hydrogen) atoms. The Labute approximate surface area is 202 Å². The first-order chi connectivity index (χ1) is 16.3. The summed E-state index contributed by atoms with van der Waals surface area (Å²) in [5.74, 6) is -0.353. The van der Waals surface area contributed by atoms with Crippen molar-refractivity contribution in [2.45, 2.75) is 62.7 Å². The largest absolute Gasteiger partial charge is 0.458 e. The number of hydrogen-bond acceptors (Lipinski definition) is 6. The molecule has 1 saturated heterocycles. The molecule has 182 valence electrons. The Morgan fingerprint density at radius 3 is 2.56 bits per heavy atom. The van der Waals surface area contributed by atoms with Crippen LogP contribution in [0.3, 0.4) is 0 Å². The number of hydrogen-bond donors (Lipinski definition) is 0. The van der Waals surface area contributed by atoms with Gasteiger partial charge < -0.3 is 9.47 Å². The third-order valence-corrected chi connectivity index (χ3v) is 6.99. The van der Waals surface area contributed by atoms with E-state index in [1.807, 2.05) is 32.1 Å². The highest BCUT2D eigenvalue weighted by atomic mass is 32.2. The highest BCUT2D eigenvalue weighted by molar-refractivity contribution is 7.86. The maximum atomic E-state index is 12.5. The Hall–Kier alpha value is -2.74. The number of aryl methyl sites for hydroxylation is 1. The van der Waals surface area contributed by atoms with Crippen LogP contribution in [0.2, 0.25) is 0 Å². The average Bonchev–Trinajstić information content (AvgIpc) is 3.19. The molecular formula is C27H32O6S. The van der Waals surface area contributed by atoms with Crippen molar-refractivity contribution in [1.82, 2.24) is 0 Å². The molecule has 0 saturated carbocycles. The van der Waals surface area contributed by atoms with E-state index in [0.717, 1.165) is 11.1 Å². The molecule has 7 heteroatoms. The Kier molecular flexibility index (Phi) is 9.21. The van der Waals surface area contributed by atoms with Gasteiger partial charge in [0.1, 0.15) is 6.10 Å². The summed E-state index contributed by atoms with van der Waals surface area (Å²) in [5, 5.41) is 0. The van der Waals surface area contributed by atoms with Crippen LogP contribution in [0, 0.1) is 6.92 Å². The first kappa shape index (κ1) is 25.9. The third-order valence-electron chi connectivity index (χ3n) is 5.69. The Morgan fingerprint density at radius 1 is 1.18 bits per heavy atom. The van der Waals surface area contributed by atoms with E-state index in [0.29, 0.717) is 31.2 Å². The molecule has 2 aromatic rings. The molecule has 6 nitrogen and oxygen atoms in total. The summed E-state index contributed by atoms with van der Waals surface area (Å²) in [6.07, 6.45) is 5.32. The molecule has 2 aromatic carbocycles. The lowest BCUT2D eigenvalue weighted by Crippen LogP contribution is -2.22. The Morgan fingerprint density at radius 2 is 1.88 bits per heavy atom. The molecule has 1 aliphatic rings. The summed E-state index contributed by atoms with van der Waals surface area (Å²) < 4.78 is 41.9. The van der Waals surface area contributed by atoms with Gasteiger partial charge in [0.2, 0.25) is 0 Å². The van der Waals surface area contributed by atoms with Crippen molar-refractivity contribution >= 4 is 16.1 Å². The minimum atomic E-state index is -3.85. The van der Waals surface area contributed by atoms with Crippen molar-refractivity contribution < 1.29 is 26.9 Å². The van der Waals surface area contributed by atoms with Crippen LogP contribution in [-0.4, -0.2) is 39.3 Å². The lowest BCUT2D eigenvalue weighted by molar-refractivity contribution is 0.00601. The highest BCUT2D eigenvalue weighted by Gasteiger charge is 2.31. The summed E-state index contributed by atoms with van der Waals surface area (Å²) in [4.78, 5) is 12.6. The van der Waals surface area contributed by atoms with Gasteiger partial charge >= 0.3 is 5.97 Å². The molecule has 0 N–H and O–H groups in total. The fraction of sp³-hybridized carbons (Fsp3) is 0.370. The van der Waals surface area contributed by atoms with Crippen LogP contribution < -0.4 is 0 Å². The van der Waals surface area contributed by atoms with Gasteiger partial charge in [-0.15, -0.1) is 0 Å². The lowest BCUT2D eigenvalue weighted by Gasteiger charge is -2.19. The van der Waals surface area contributed by atoms with Crippen LogP contribution in [-0.2, 0) is 23.8 Å². The van der Waals surface area contributed by atoms with Crippen molar-refractivity contribution in [3.8, 4) is 0 Å². The predicted octanol–water partition coefficient (Wildman–Crippen LogP) is 5.39. The molecule has 0 amide bonds. The Bertz CT molecular complexity index is 1090. The maximum Gasteiger partial charge on any atom is 0.338 e. The van der Waals surface area contributed by atoms with E-state index >= 15 is 0 Å². The van der Waals surface area contributed by atoms with Gasteiger partial charge in [-0.3, -0.25) is 4.18 Å². The summed E-state index contributed by atoms with van der Waals surface area (Å²) in [7, 11) is -3.85. The van der Waals surface area contributed by atoms with Gasteiger partial charge in [0.05, 0.1) is 29.3 Å². The van der Waals surface area contributed by atoms with E-state index < -0.39 is 16.2 Å². The molecule has 3 rings (SSSR count). The van der Waals surface area contributed by atoms with Gasteiger partial charge in [0.25, 0.3) is 10.1 Å². The maximum absolute atomic E-state index is 12.5. The van der Waals surface area contributed by atoms with Crippen LogP contribution in [0.1, 0.15) is 48.5 Å². The van der Waals surface area contributed by atoms with E-state index in [2.05, 4.69) is 6.58 Å².